The van der Waals surface area contributed by atoms with Gasteiger partial charge < -0.3 is 0 Å². The average molecular weight is 414 g/mol. The molecule has 4 rings (SSSR count). The Hall–Kier alpha value is -1.30. The van der Waals surface area contributed by atoms with Crippen molar-refractivity contribution in [2.75, 3.05) is 6.38 Å². The van der Waals surface area contributed by atoms with E-state index in [1.807, 2.05) is 0 Å². The Balaban J connectivity index is 0.000000183. The van der Waals surface area contributed by atoms with Crippen LogP contribution in [-0.2, 0) is 24.2 Å². The van der Waals surface area contributed by atoms with Crippen LogP contribution in [0.2, 0.25) is 0 Å². The molecule has 0 radical (unpaired) electrons. The van der Waals surface area contributed by atoms with Crippen LogP contribution in [0.1, 0.15) is 13.8 Å². The summed E-state index contributed by atoms with van der Waals surface area (Å²) in [6.45, 7) is 4.25. The molecule has 0 aromatic heterocycles. The normalized spacial score (nSPS) is 9.08. The summed E-state index contributed by atoms with van der Waals surface area (Å²) in [4.78, 5) is 0. The molecule has 24 heavy (non-hydrogen) atoms. The van der Waals surface area contributed by atoms with Crippen molar-refractivity contribution >= 4 is 36.4 Å². The topological polar surface area (TPSA) is 0 Å². The second-order valence-electron chi connectivity index (χ2n) is 5.31. The van der Waals surface area contributed by atoms with Gasteiger partial charge in [0.05, 0.1) is 0 Å². The van der Waals surface area contributed by atoms with Gasteiger partial charge in [0.15, 0.2) is 0 Å². The number of benzene rings is 2. The van der Waals surface area contributed by atoms with Gasteiger partial charge in [-0.2, -0.15) is 35.0 Å². The van der Waals surface area contributed by atoms with Gasteiger partial charge in [0.1, 0.15) is 0 Å². The number of hydrogen-bond acceptors (Lipinski definition) is 0. The van der Waals surface area contributed by atoms with Crippen molar-refractivity contribution in [2.45, 2.75) is 13.8 Å². The van der Waals surface area contributed by atoms with Crippen molar-refractivity contribution in [3.05, 3.63) is 84.9 Å². The van der Waals surface area contributed by atoms with Crippen LogP contribution in [0.5, 0.6) is 0 Å². The fourth-order valence-corrected chi connectivity index (χ4v) is 2.14. The van der Waals surface area contributed by atoms with E-state index in [0.717, 1.165) is 0 Å². The molecule has 2 heteroatoms. The molecule has 0 bridgehead atoms. The molecule has 0 aliphatic carbocycles. The number of alkyl halides is 1. The summed E-state index contributed by atoms with van der Waals surface area (Å²) in [7, 11) is 0. The molecule has 0 saturated carbocycles. The zero-order chi connectivity index (χ0) is 17.8. The molecule has 0 aliphatic rings. The van der Waals surface area contributed by atoms with Gasteiger partial charge >= 0.3 is 41.3 Å². The van der Waals surface area contributed by atoms with Gasteiger partial charge in [0.25, 0.3) is 0 Å². The maximum absolute atomic E-state index is 4.64. The van der Waals surface area contributed by atoms with Gasteiger partial charge in [-0.25, -0.2) is 0 Å². The first kappa shape index (κ1) is 20.7. The van der Waals surface area contributed by atoms with Crippen molar-refractivity contribution in [1.82, 2.24) is 0 Å². The van der Waals surface area contributed by atoms with Crippen LogP contribution in [0.3, 0.4) is 0 Å². The van der Waals surface area contributed by atoms with E-state index in [1.165, 1.54) is 31.1 Å². The molecule has 0 N–H and O–H groups in total. The molecule has 0 aliphatic heterocycles. The summed E-state index contributed by atoms with van der Waals surface area (Å²) in [6.07, 6.45) is 1.47. The number of rotatable bonds is 0. The minimum Gasteiger partial charge on any atom is -0.168 e. The largest absolute Gasteiger partial charge is 0.168 e. The Kier molecular flexibility index (Phi) is 10.5. The van der Waals surface area contributed by atoms with Gasteiger partial charge in [-0.05, 0) is 0 Å². The second kappa shape index (κ2) is 12.1. The summed E-state index contributed by atoms with van der Waals surface area (Å²) in [5, 5.41) is 5.32. The zero-order valence-corrected chi connectivity index (χ0v) is 17.7. The maximum atomic E-state index is 4.64. The summed E-state index contributed by atoms with van der Waals surface area (Å²) >= 11 is 6.19. The summed E-state index contributed by atoms with van der Waals surface area (Å²) in [5.41, 5.74) is 0. The van der Waals surface area contributed by atoms with E-state index in [1.54, 1.807) is 24.2 Å². The van der Waals surface area contributed by atoms with Crippen LogP contribution in [0, 0.1) is 0 Å². The van der Waals surface area contributed by atoms with Crippen molar-refractivity contribution in [1.29, 1.82) is 0 Å². The van der Waals surface area contributed by atoms with Gasteiger partial charge in [-0.3, -0.25) is 0 Å². The third-order valence-electron chi connectivity index (χ3n) is 3.10. The number of halogens is 1. The van der Waals surface area contributed by atoms with Crippen LogP contribution >= 0.6 is 11.6 Å². The van der Waals surface area contributed by atoms with E-state index < -0.39 is 0 Å². The molecular formula is C22H23ClZr. The number of hydrogen-bond donors (Lipinski definition) is 0. The van der Waals surface area contributed by atoms with Gasteiger partial charge in [0, 0.05) is 6.38 Å². The van der Waals surface area contributed by atoms with Crippen molar-refractivity contribution in [3.8, 4) is 0 Å². The fraction of sp³-hybridized carbons (Fsp3) is 0.136. The maximum Gasteiger partial charge on any atom is -0.0809 e. The molecule has 0 saturated heterocycles. The first-order valence-corrected chi connectivity index (χ1v) is 9.76. The smallest absolute Gasteiger partial charge is 0.0809 e. The first-order valence-electron chi connectivity index (χ1n) is 7.77. The third kappa shape index (κ3) is 7.51. The Morgan fingerprint density at radius 2 is 1.04 bits per heavy atom. The Labute approximate surface area is 165 Å². The Morgan fingerprint density at radius 1 is 0.708 bits per heavy atom. The fourth-order valence-electron chi connectivity index (χ4n) is 2.14. The third-order valence-corrected chi connectivity index (χ3v) is 3.10. The molecule has 0 heterocycles. The molecule has 0 spiro atoms. The number of fused-ring (bicyclic) bond motifs is 2. The summed E-state index contributed by atoms with van der Waals surface area (Å²) in [5.74, 6) is 0. The van der Waals surface area contributed by atoms with Gasteiger partial charge in [0.2, 0.25) is 0 Å². The predicted molar refractivity (Wildman–Crippen MR) is 107 cm³/mol. The second-order valence-corrected chi connectivity index (χ2v) is 7.77. The van der Waals surface area contributed by atoms with Gasteiger partial charge in [-0.15, -0.1) is 70.9 Å². The Bertz CT molecular complexity index is 709. The van der Waals surface area contributed by atoms with Crippen molar-refractivity contribution in [3.63, 3.8) is 0 Å². The van der Waals surface area contributed by atoms with E-state index in [-0.39, 0.29) is 0 Å². The molecule has 0 amide bonds. The van der Waals surface area contributed by atoms with Crippen molar-refractivity contribution < 1.29 is 24.2 Å². The van der Waals surface area contributed by atoms with E-state index in [4.69, 9.17) is 0 Å². The molecule has 0 nitrogen and oxygen atoms in total. The predicted octanol–water partition coefficient (Wildman–Crippen LogP) is 6.72. The average Bonchev–Trinajstić information content (AvgIpc) is 3.26. The molecule has 4 aromatic carbocycles. The molecular weight excluding hydrogens is 391 g/mol. The van der Waals surface area contributed by atoms with Crippen LogP contribution < -0.4 is 0 Å². The van der Waals surface area contributed by atoms with Gasteiger partial charge in [-0.1, -0.05) is 12.1 Å². The Morgan fingerprint density at radius 3 is 1.38 bits per heavy atom. The van der Waals surface area contributed by atoms with E-state index >= 15 is 0 Å². The van der Waals surface area contributed by atoms with Crippen LogP contribution in [0.15, 0.2) is 84.9 Å². The van der Waals surface area contributed by atoms with Crippen molar-refractivity contribution in [2.24, 2.45) is 0 Å². The van der Waals surface area contributed by atoms with E-state index in [0.29, 0.717) is 0 Å². The quantitative estimate of drug-likeness (QED) is 0.222. The minimum absolute atomic E-state index is 1.33. The standard InChI is InChI=1S/2C9H7.C3H6.CH3Cl.Zr/c2*1-2-5-9-7-3-6-8(9)4-1;1-3-2;1-2;/h2*1-7H;1-2H3;1H3;/q2*-1;;;+2. The minimum atomic E-state index is 1.33. The monoisotopic (exact) mass is 412 g/mol. The summed E-state index contributed by atoms with van der Waals surface area (Å²) in [6, 6.07) is 29.3. The SMILES string of the molecule is CCl.C[C](C)=[Zr+2].c1ccc2[cH-]ccc2c1.c1ccc2[cH-]ccc2c1. The van der Waals surface area contributed by atoms with E-state index in [9.17, 15) is 0 Å². The first-order chi connectivity index (χ1) is 11.7. The van der Waals surface area contributed by atoms with Crippen LogP contribution in [0.4, 0.5) is 0 Å². The van der Waals surface area contributed by atoms with E-state index in [2.05, 4.69) is 110 Å². The molecule has 122 valence electrons. The molecule has 0 unspecified atom stereocenters. The zero-order valence-electron chi connectivity index (χ0n) is 14.5. The molecule has 4 aromatic rings. The van der Waals surface area contributed by atoms with Crippen LogP contribution in [0.25, 0.3) is 21.5 Å². The summed E-state index contributed by atoms with van der Waals surface area (Å²) < 4.78 is 1.51. The molecule has 0 fully saturated rings. The molecule has 0 atom stereocenters. The van der Waals surface area contributed by atoms with Crippen LogP contribution in [-0.4, -0.2) is 9.59 Å².